The molecule has 0 saturated carbocycles. The van der Waals surface area contributed by atoms with E-state index in [4.69, 9.17) is 0 Å². The van der Waals surface area contributed by atoms with Gasteiger partial charge in [0.1, 0.15) is 11.9 Å². The van der Waals surface area contributed by atoms with Crippen LogP contribution in [0.4, 0.5) is 15.9 Å². The summed E-state index contributed by atoms with van der Waals surface area (Å²) in [7, 11) is 0. The fourth-order valence-electron chi connectivity index (χ4n) is 2.23. The van der Waals surface area contributed by atoms with E-state index in [1.165, 1.54) is 12.1 Å². The van der Waals surface area contributed by atoms with Crippen LogP contribution in [0.3, 0.4) is 0 Å². The molecule has 4 heteroatoms. The molecule has 0 amide bonds. The molecule has 0 atom stereocenters. The van der Waals surface area contributed by atoms with Crippen molar-refractivity contribution in [2.45, 2.75) is 20.8 Å². The van der Waals surface area contributed by atoms with Crippen LogP contribution in [0.25, 0.3) is 0 Å². The average Bonchev–Trinajstić information content (AvgIpc) is 2.41. The quantitative estimate of drug-likeness (QED) is 0.849. The first-order valence-electron chi connectivity index (χ1n) is 6.48. The molecule has 1 aromatic carbocycles. The van der Waals surface area contributed by atoms with Gasteiger partial charge in [-0.15, -0.1) is 0 Å². The van der Waals surface area contributed by atoms with Crippen LogP contribution >= 0.6 is 0 Å². The molecule has 0 spiro atoms. The molecular formula is C16H16FN3. The minimum atomic E-state index is -0.279. The molecule has 0 aliphatic rings. The molecule has 0 unspecified atom stereocenters. The maximum Gasteiger partial charge on any atom is 0.151 e. The summed E-state index contributed by atoms with van der Waals surface area (Å²) < 4.78 is 13.0. The second-order valence-electron chi connectivity index (χ2n) is 4.61. The number of hydrogen-bond donors (Lipinski definition) is 0. The van der Waals surface area contributed by atoms with E-state index < -0.39 is 0 Å². The molecule has 0 N–H and O–H groups in total. The van der Waals surface area contributed by atoms with Gasteiger partial charge in [-0.25, -0.2) is 9.37 Å². The zero-order chi connectivity index (χ0) is 14.7. The Morgan fingerprint density at radius 3 is 2.45 bits per heavy atom. The number of nitriles is 1. The van der Waals surface area contributed by atoms with Gasteiger partial charge in [0.05, 0.1) is 5.56 Å². The summed E-state index contributed by atoms with van der Waals surface area (Å²) in [5.74, 6) is 0.345. The van der Waals surface area contributed by atoms with Crippen molar-refractivity contribution in [3.63, 3.8) is 0 Å². The van der Waals surface area contributed by atoms with Gasteiger partial charge < -0.3 is 4.90 Å². The van der Waals surface area contributed by atoms with Crippen molar-refractivity contribution >= 4 is 11.5 Å². The maximum absolute atomic E-state index is 13.0. The van der Waals surface area contributed by atoms with Crippen molar-refractivity contribution < 1.29 is 4.39 Å². The summed E-state index contributed by atoms with van der Waals surface area (Å²) >= 11 is 0. The van der Waals surface area contributed by atoms with Gasteiger partial charge in [-0.2, -0.15) is 5.26 Å². The first-order chi connectivity index (χ1) is 9.56. The maximum atomic E-state index is 13.0. The van der Waals surface area contributed by atoms with Crippen LogP contribution in [0.15, 0.2) is 30.3 Å². The number of benzene rings is 1. The third-order valence-corrected chi connectivity index (χ3v) is 3.15. The molecule has 1 heterocycles. The molecule has 0 bridgehead atoms. The van der Waals surface area contributed by atoms with Crippen LogP contribution in [0.2, 0.25) is 0 Å². The van der Waals surface area contributed by atoms with Crippen molar-refractivity contribution in [3.05, 3.63) is 53.0 Å². The lowest BCUT2D eigenvalue weighted by Crippen LogP contribution is -2.19. The van der Waals surface area contributed by atoms with Crippen molar-refractivity contribution in [1.29, 1.82) is 5.26 Å². The van der Waals surface area contributed by atoms with Crippen molar-refractivity contribution in [2.75, 3.05) is 11.4 Å². The largest absolute Gasteiger partial charge is 0.326 e. The topological polar surface area (TPSA) is 39.9 Å². The Bertz CT molecular complexity index is 657. The van der Waals surface area contributed by atoms with Crippen LogP contribution in [0.5, 0.6) is 0 Å². The van der Waals surface area contributed by atoms with Crippen molar-refractivity contribution in [1.82, 2.24) is 4.98 Å². The molecule has 1 aromatic heterocycles. The third kappa shape index (κ3) is 2.62. The molecule has 0 radical (unpaired) electrons. The molecular weight excluding hydrogens is 253 g/mol. The van der Waals surface area contributed by atoms with E-state index in [0.29, 0.717) is 17.9 Å². The predicted molar refractivity (Wildman–Crippen MR) is 77.5 cm³/mol. The molecule has 0 saturated heterocycles. The van der Waals surface area contributed by atoms with Gasteiger partial charge in [0, 0.05) is 17.9 Å². The Morgan fingerprint density at radius 1 is 1.25 bits per heavy atom. The van der Waals surface area contributed by atoms with Crippen molar-refractivity contribution in [2.24, 2.45) is 0 Å². The Balaban J connectivity index is 2.58. The molecule has 102 valence electrons. The molecule has 3 nitrogen and oxygen atoms in total. The lowest BCUT2D eigenvalue weighted by atomic mass is 10.1. The highest BCUT2D eigenvalue weighted by molar-refractivity contribution is 5.67. The fraction of sp³-hybridized carbons (Fsp3) is 0.250. The highest BCUT2D eigenvalue weighted by Crippen LogP contribution is 2.28. The first-order valence-corrected chi connectivity index (χ1v) is 6.48. The number of nitrogens with zero attached hydrogens (tertiary/aromatic N) is 3. The van der Waals surface area contributed by atoms with E-state index in [0.717, 1.165) is 16.9 Å². The zero-order valence-electron chi connectivity index (χ0n) is 11.8. The highest BCUT2D eigenvalue weighted by atomic mass is 19.1. The Labute approximate surface area is 118 Å². The third-order valence-electron chi connectivity index (χ3n) is 3.15. The monoisotopic (exact) mass is 269 g/mol. The molecule has 2 rings (SSSR count). The number of aryl methyl sites for hydroxylation is 2. The standard InChI is InChI=1S/C16H16FN3/c1-4-20(14-7-5-13(17)6-8-14)16-15(10-18)11(2)9-12(3)19-16/h5-9H,4H2,1-3H3. The van der Waals surface area contributed by atoms with Crippen LogP contribution in [0.1, 0.15) is 23.7 Å². The minimum Gasteiger partial charge on any atom is -0.326 e. The second kappa shape index (κ2) is 5.70. The average molecular weight is 269 g/mol. The molecule has 0 aliphatic heterocycles. The molecule has 0 fully saturated rings. The van der Waals surface area contributed by atoms with E-state index >= 15 is 0 Å². The number of hydrogen-bond acceptors (Lipinski definition) is 3. The summed E-state index contributed by atoms with van der Waals surface area (Å²) in [5, 5.41) is 9.35. The van der Waals surface area contributed by atoms with E-state index in [1.54, 1.807) is 12.1 Å². The van der Waals surface area contributed by atoms with Gasteiger partial charge in [-0.3, -0.25) is 0 Å². The molecule has 2 aromatic rings. The van der Waals surface area contributed by atoms with Crippen molar-refractivity contribution in [3.8, 4) is 6.07 Å². The first kappa shape index (κ1) is 14.0. The van der Waals surface area contributed by atoms with E-state index in [1.807, 2.05) is 31.7 Å². The summed E-state index contributed by atoms with van der Waals surface area (Å²) in [4.78, 5) is 6.40. The molecule has 20 heavy (non-hydrogen) atoms. The van der Waals surface area contributed by atoms with Gasteiger partial charge in [-0.1, -0.05) is 0 Å². The predicted octanol–water partition coefficient (Wildman–Crippen LogP) is 3.87. The molecule has 0 aliphatic carbocycles. The zero-order valence-corrected chi connectivity index (χ0v) is 11.8. The van der Waals surface area contributed by atoms with Crippen LogP contribution in [-0.2, 0) is 0 Å². The second-order valence-corrected chi connectivity index (χ2v) is 4.61. The lowest BCUT2D eigenvalue weighted by Gasteiger charge is -2.24. The van der Waals surface area contributed by atoms with Crippen LogP contribution in [-0.4, -0.2) is 11.5 Å². The highest BCUT2D eigenvalue weighted by Gasteiger charge is 2.16. The van der Waals surface area contributed by atoms with Crippen LogP contribution in [0, 0.1) is 31.0 Å². The summed E-state index contributed by atoms with van der Waals surface area (Å²) in [6.07, 6.45) is 0. The smallest absolute Gasteiger partial charge is 0.151 e. The van der Waals surface area contributed by atoms with Gasteiger partial charge in [0.25, 0.3) is 0 Å². The summed E-state index contributed by atoms with van der Waals surface area (Å²) in [6, 6.07) is 10.3. The van der Waals surface area contributed by atoms with Gasteiger partial charge in [0.2, 0.25) is 0 Å². The van der Waals surface area contributed by atoms with E-state index in [2.05, 4.69) is 11.1 Å². The van der Waals surface area contributed by atoms with Gasteiger partial charge >= 0.3 is 0 Å². The summed E-state index contributed by atoms with van der Waals surface area (Å²) in [5.41, 5.74) is 3.14. The number of anilines is 2. The van der Waals surface area contributed by atoms with E-state index in [-0.39, 0.29) is 5.82 Å². The van der Waals surface area contributed by atoms with Gasteiger partial charge in [-0.05, 0) is 56.7 Å². The Kier molecular flexibility index (Phi) is 3.99. The minimum absolute atomic E-state index is 0.279. The Morgan fingerprint density at radius 2 is 1.90 bits per heavy atom. The number of aromatic nitrogens is 1. The Hall–Kier alpha value is -2.41. The van der Waals surface area contributed by atoms with Crippen LogP contribution < -0.4 is 4.90 Å². The summed E-state index contributed by atoms with van der Waals surface area (Å²) in [6.45, 7) is 6.42. The normalized spacial score (nSPS) is 10.2. The lowest BCUT2D eigenvalue weighted by molar-refractivity contribution is 0.627. The van der Waals surface area contributed by atoms with Gasteiger partial charge in [0.15, 0.2) is 5.82 Å². The number of halogens is 1. The SMILES string of the molecule is CCN(c1ccc(F)cc1)c1nc(C)cc(C)c1C#N. The fourth-order valence-corrected chi connectivity index (χ4v) is 2.23. The van der Waals surface area contributed by atoms with E-state index in [9.17, 15) is 9.65 Å². The number of rotatable bonds is 3. The number of pyridine rings is 1.